The van der Waals surface area contributed by atoms with E-state index in [9.17, 15) is 9.18 Å². The van der Waals surface area contributed by atoms with Gasteiger partial charge in [-0.25, -0.2) is 4.39 Å². The number of nitrogens with zero attached hydrogens (tertiary/aromatic N) is 3. The number of aliphatic imine (C=N–C) groups is 1. The van der Waals surface area contributed by atoms with Crippen LogP contribution in [0, 0.1) is 17.7 Å². The summed E-state index contributed by atoms with van der Waals surface area (Å²) in [6.45, 7) is 21.0. The van der Waals surface area contributed by atoms with Gasteiger partial charge in [0.15, 0.2) is 0 Å². The molecule has 1 amide bonds. The number of rotatable bonds is 8. The monoisotopic (exact) mass is 509 g/mol. The first kappa shape index (κ1) is 30.5. The fraction of sp³-hybridized carbons (Fsp3) is 0.562. The Morgan fingerprint density at radius 2 is 1.95 bits per heavy atom. The maximum Gasteiger partial charge on any atom is 0.225 e. The number of benzene rings is 1. The zero-order chi connectivity index (χ0) is 27.5. The molecule has 1 aliphatic heterocycles. The summed E-state index contributed by atoms with van der Waals surface area (Å²) in [5.74, 6) is 0.834. The molecular formula is C32H48FN3O. The summed E-state index contributed by atoms with van der Waals surface area (Å²) in [6.07, 6.45) is 9.81. The Morgan fingerprint density at radius 3 is 2.43 bits per heavy atom. The molecule has 2 aliphatic rings. The van der Waals surface area contributed by atoms with Gasteiger partial charge in [-0.2, -0.15) is 0 Å². The molecule has 5 heteroatoms. The molecule has 2 fully saturated rings. The van der Waals surface area contributed by atoms with Crippen LogP contribution in [0.3, 0.4) is 0 Å². The Hall–Kier alpha value is -2.69. The van der Waals surface area contributed by atoms with Crippen molar-refractivity contribution in [3.63, 3.8) is 0 Å². The van der Waals surface area contributed by atoms with Crippen molar-refractivity contribution in [3.05, 3.63) is 71.3 Å². The quantitative estimate of drug-likeness (QED) is 0.267. The second kappa shape index (κ2) is 14.9. The molecule has 0 N–H and O–H groups in total. The smallest absolute Gasteiger partial charge is 0.225 e. The summed E-state index contributed by atoms with van der Waals surface area (Å²) in [6, 6.07) is 6.98. The van der Waals surface area contributed by atoms with E-state index in [1.54, 1.807) is 18.3 Å². The van der Waals surface area contributed by atoms with Crippen LogP contribution >= 0.6 is 0 Å². The van der Waals surface area contributed by atoms with Crippen LogP contribution in [0.15, 0.2) is 65.0 Å². The van der Waals surface area contributed by atoms with Gasteiger partial charge in [-0.1, -0.05) is 58.4 Å². The first-order chi connectivity index (χ1) is 17.6. The van der Waals surface area contributed by atoms with E-state index in [0.29, 0.717) is 5.92 Å². The number of aryl methyl sites for hydroxylation is 1. The van der Waals surface area contributed by atoms with Gasteiger partial charge in [0.1, 0.15) is 5.82 Å². The van der Waals surface area contributed by atoms with Crippen LogP contribution in [0.1, 0.15) is 79.7 Å². The number of carbonyl (C=O) groups is 1. The zero-order valence-corrected chi connectivity index (χ0v) is 24.2. The van der Waals surface area contributed by atoms with Crippen molar-refractivity contribution in [2.75, 3.05) is 19.6 Å². The number of hydrogen-bond donors (Lipinski definition) is 0. The van der Waals surface area contributed by atoms with Crippen LogP contribution in [-0.2, 0) is 11.2 Å². The average molecular weight is 510 g/mol. The first-order valence-electron chi connectivity index (χ1n) is 14.0. The van der Waals surface area contributed by atoms with E-state index in [2.05, 4.69) is 57.2 Å². The molecule has 1 unspecified atom stereocenters. The minimum Gasteiger partial charge on any atom is -0.371 e. The zero-order valence-electron chi connectivity index (χ0n) is 24.2. The molecule has 1 saturated heterocycles. The maximum atomic E-state index is 12.5. The van der Waals surface area contributed by atoms with Crippen LogP contribution in [-0.4, -0.2) is 47.1 Å². The van der Waals surface area contributed by atoms with Gasteiger partial charge in [-0.05, 0) is 76.1 Å². The second-order valence-electron chi connectivity index (χ2n) is 10.6. The van der Waals surface area contributed by atoms with Gasteiger partial charge < -0.3 is 9.80 Å². The maximum absolute atomic E-state index is 12.5. The highest BCUT2D eigenvalue weighted by Crippen LogP contribution is 2.38. The van der Waals surface area contributed by atoms with Crippen molar-refractivity contribution in [2.24, 2.45) is 16.8 Å². The molecule has 0 radical (unpaired) electrons. The van der Waals surface area contributed by atoms with Gasteiger partial charge in [0.05, 0.1) is 0 Å². The Balaban J connectivity index is 0.000000402. The van der Waals surface area contributed by atoms with Crippen LogP contribution in [0.5, 0.6) is 0 Å². The third-order valence-electron chi connectivity index (χ3n) is 7.46. The van der Waals surface area contributed by atoms with Crippen molar-refractivity contribution >= 4 is 11.6 Å². The Bertz CT molecular complexity index is 1000. The van der Waals surface area contributed by atoms with Crippen molar-refractivity contribution in [1.29, 1.82) is 0 Å². The van der Waals surface area contributed by atoms with E-state index in [1.165, 1.54) is 42.2 Å². The Kier molecular flexibility index (Phi) is 12.3. The Labute approximate surface area is 225 Å². The lowest BCUT2D eigenvalue weighted by atomic mass is 9.75. The summed E-state index contributed by atoms with van der Waals surface area (Å²) in [5, 5.41) is 0. The number of hydrogen-bond acceptors (Lipinski definition) is 3. The van der Waals surface area contributed by atoms with Gasteiger partial charge >= 0.3 is 0 Å². The van der Waals surface area contributed by atoms with E-state index in [4.69, 9.17) is 0 Å². The van der Waals surface area contributed by atoms with Crippen LogP contribution < -0.4 is 0 Å². The molecule has 37 heavy (non-hydrogen) atoms. The first-order valence-corrected chi connectivity index (χ1v) is 14.0. The van der Waals surface area contributed by atoms with Crippen molar-refractivity contribution in [1.82, 2.24) is 9.80 Å². The minimum atomic E-state index is -0.133. The molecule has 204 valence electrons. The minimum absolute atomic E-state index is 0.0569. The van der Waals surface area contributed by atoms with Crippen LogP contribution in [0.2, 0.25) is 0 Å². The van der Waals surface area contributed by atoms with Gasteiger partial charge in [-0.15, -0.1) is 0 Å². The SMILES string of the molecule is C=CN=C(C)C(/C(=C\C)C1CCC1)=C(\C)N1CCN(C(=O)C(C)C)C(C)C1.CCCc1cccc(F)c1. The third kappa shape index (κ3) is 8.41. The molecule has 1 aliphatic carbocycles. The highest BCUT2D eigenvalue weighted by atomic mass is 19.1. The van der Waals surface area contributed by atoms with Crippen molar-refractivity contribution in [3.8, 4) is 0 Å². The molecule has 1 saturated carbocycles. The third-order valence-corrected chi connectivity index (χ3v) is 7.46. The molecule has 0 spiro atoms. The largest absolute Gasteiger partial charge is 0.371 e. The second-order valence-corrected chi connectivity index (χ2v) is 10.6. The lowest BCUT2D eigenvalue weighted by Gasteiger charge is -2.43. The number of amides is 1. The fourth-order valence-corrected chi connectivity index (χ4v) is 5.25. The van der Waals surface area contributed by atoms with Crippen LogP contribution in [0.4, 0.5) is 4.39 Å². The normalized spacial score (nSPS) is 19.6. The van der Waals surface area contributed by atoms with E-state index in [0.717, 1.165) is 43.8 Å². The van der Waals surface area contributed by atoms with Gasteiger partial charge in [0, 0.05) is 54.8 Å². The molecule has 1 heterocycles. The lowest BCUT2D eigenvalue weighted by molar-refractivity contribution is -0.138. The van der Waals surface area contributed by atoms with E-state index in [1.807, 2.05) is 24.8 Å². The topological polar surface area (TPSA) is 35.9 Å². The lowest BCUT2D eigenvalue weighted by Crippen LogP contribution is -2.54. The summed E-state index contributed by atoms with van der Waals surface area (Å²) in [7, 11) is 0. The summed E-state index contributed by atoms with van der Waals surface area (Å²) in [5.41, 5.74) is 6.10. The molecule has 3 rings (SSSR count). The standard InChI is InChI=1S/C23H37N3O.C9H11F/c1-8-21(20-11-10-12-20)22(18(6)24-9-2)19(7)25-13-14-26(17(5)15-25)23(27)16(3)4;1-2-4-8-5-3-6-9(10)7-8/h8-9,16-17,20H,2,10-15H2,1,3-7H3;3,5-7H,2,4H2,1H3/b21-8-,22-19-,24-18?;. The predicted octanol–water partition coefficient (Wildman–Crippen LogP) is 7.58. The van der Waals surface area contributed by atoms with Crippen molar-refractivity contribution in [2.45, 2.75) is 86.6 Å². The summed E-state index contributed by atoms with van der Waals surface area (Å²) < 4.78 is 12.5. The van der Waals surface area contributed by atoms with Gasteiger partial charge in [-0.3, -0.25) is 9.79 Å². The average Bonchev–Trinajstić information content (AvgIpc) is 2.82. The molecule has 0 bridgehead atoms. The van der Waals surface area contributed by atoms with Crippen LogP contribution in [0.25, 0.3) is 0 Å². The molecule has 0 aromatic heterocycles. The summed E-state index contributed by atoms with van der Waals surface area (Å²) in [4.78, 5) is 21.5. The molecule has 1 atom stereocenters. The van der Waals surface area contributed by atoms with E-state index in [-0.39, 0.29) is 23.7 Å². The fourth-order valence-electron chi connectivity index (χ4n) is 5.25. The number of allylic oxidation sites excluding steroid dienone is 4. The van der Waals surface area contributed by atoms with E-state index < -0.39 is 0 Å². The molecular weight excluding hydrogens is 461 g/mol. The Morgan fingerprint density at radius 1 is 1.24 bits per heavy atom. The molecule has 4 nitrogen and oxygen atoms in total. The molecule has 1 aromatic rings. The van der Waals surface area contributed by atoms with Gasteiger partial charge in [0.25, 0.3) is 0 Å². The molecule has 1 aromatic carbocycles. The predicted molar refractivity (Wildman–Crippen MR) is 155 cm³/mol. The van der Waals surface area contributed by atoms with Gasteiger partial charge in [0.2, 0.25) is 5.91 Å². The van der Waals surface area contributed by atoms with Crippen molar-refractivity contribution < 1.29 is 9.18 Å². The highest BCUT2D eigenvalue weighted by Gasteiger charge is 2.31. The number of piperazine rings is 1. The number of carbonyl (C=O) groups excluding carboxylic acids is 1. The highest BCUT2D eigenvalue weighted by molar-refractivity contribution is 6.03. The van der Waals surface area contributed by atoms with E-state index >= 15 is 0 Å². The number of halogens is 1. The summed E-state index contributed by atoms with van der Waals surface area (Å²) >= 11 is 0.